The van der Waals surface area contributed by atoms with E-state index in [0.717, 1.165) is 19.4 Å². The molecule has 0 aromatic carbocycles. The van der Waals surface area contributed by atoms with E-state index in [0.29, 0.717) is 24.7 Å². The first-order chi connectivity index (χ1) is 7.57. The van der Waals surface area contributed by atoms with E-state index in [-0.39, 0.29) is 11.9 Å². The molecule has 1 aliphatic heterocycles. The lowest BCUT2D eigenvalue weighted by Crippen LogP contribution is -2.53. The van der Waals surface area contributed by atoms with Crippen LogP contribution in [-0.4, -0.2) is 37.7 Å². The highest BCUT2D eigenvalue weighted by atomic mass is 16.5. The zero-order valence-corrected chi connectivity index (χ0v) is 10.2. The van der Waals surface area contributed by atoms with E-state index >= 15 is 0 Å². The van der Waals surface area contributed by atoms with Crippen LogP contribution in [0.3, 0.4) is 0 Å². The first-order valence-corrected chi connectivity index (χ1v) is 6.18. The molecular weight excluding hydrogens is 204 g/mol. The average Bonchev–Trinajstić information content (AvgIpc) is 2.59. The van der Waals surface area contributed by atoms with Gasteiger partial charge in [0.2, 0.25) is 5.91 Å². The molecule has 1 heterocycles. The van der Waals surface area contributed by atoms with Gasteiger partial charge in [0, 0.05) is 12.6 Å². The standard InChI is InChI=1S/C12H22N2O2/c1-12(2)4-3-9(7-12)14-11(15)10-8-16-6-5-13-10/h9-10,13H,3-8H2,1-2H3,(H,14,15). The quantitative estimate of drug-likeness (QED) is 0.727. The van der Waals surface area contributed by atoms with Crippen molar-refractivity contribution in [1.29, 1.82) is 0 Å². The van der Waals surface area contributed by atoms with Crippen molar-refractivity contribution < 1.29 is 9.53 Å². The normalized spacial score (nSPS) is 33.6. The molecule has 1 aliphatic carbocycles. The van der Waals surface area contributed by atoms with Crippen molar-refractivity contribution in [2.45, 2.75) is 45.2 Å². The summed E-state index contributed by atoms with van der Waals surface area (Å²) in [6, 6.07) is 0.198. The smallest absolute Gasteiger partial charge is 0.239 e. The molecule has 0 aromatic heterocycles. The van der Waals surface area contributed by atoms with Gasteiger partial charge in [-0.1, -0.05) is 13.8 Å². The summed E-state index contributed by atoms with van der Waals surface area (Å²) in [5, 5.41) is 6.30. The number of ether oxygens (including phenoxy) is 1. The van der Waals surface area contributed by atoms with Crippen LogP contribution in [0, 0.1) is 5.41 Å². The van der Waals surface area contributed by atoms with Gasteiger partial charge in [-0.3, -0.25) is 4.79 Å². The summed E-state index contributed by atoms with van der Waals surface area (Å²) >= 11 is 0. The molecule has 1 amide bonds. The molecule has 1 saturated carbocycles. The van der Waals surface area contributed by atoms with Crippen molar-refractivity contribution in [3.05, 3.63) is 0 Å². The predicted octanol–water partition coefficient (Wildman–Crippen LogP) is 0.670. The number of hydrogen-bond donors (Lipinski definition) is 2. The van der Waals surface area contributed by atoms with Crippen LogP contribution in [-0.2, 0) is 9.53 Å². The van der Waals surface area contributed by atoms with Gasteiger partial charge >= 0.3 is 0 Å². The molecular formula is C12H22N2O2. The lowest BCUT2D eigenvalue weighted by molar-refractivity contribution is -0.126. The molecule has 2 rings (SSSR count). The van der Waals surface area contributed by atoms with Gasteiger partial charge < -0.3 is 15.4 Å². The van der Waals surface area contributed by atoms with Gasteiger partial charge in [-0.25, -0.2) is 0 Å². The molecule has 0 spiro atoms. The van der Waals surface area contributed by atoms with E-state index in [4.69, 9.17) is 4.74 Å². The minimum absolute atomic E-state index is 0.0994. The predicted molar refractivity (Wildman–Crippen MR) is 62.2 cm³/mol. The molecule has 0 radical (unpaired) electrons. The molecule has 0 aromatic rings. The molecule has 92 valence electrons. The summed E-state index contributed by atoms with van der Waals surface area (Å²) in [6.07, 6.45) is 3.39. The molecule has 2 N–H and O–H groups in total. The first-order valence-electron chi connectivity index (χ1n) is 6.18. The SMILES string of the molecule is CC1(C)CCC(NC(=O)C2COCCN2)C1. The molecule has 16 heavy (non-hydrogen) atoms. The van der Waals surface area contributed by atoms with E-state index in [2.05, 4.69) is 24.5 Å². The summed E-state index contributed by atoms with van der Waals surface area (Å²) in [5.74, 6) is 0.0994. The van der Waals surface area contributed by atoms with Crippen molar-refractivity contribution in [2.75, 3.05) is 19.8 Å². The van der Waals surface area contributed by atoms with Gasteiger partial charge in [-0.15, -0.1) is 0 Å². The average molecular weight is 226 g/mol. The van der Waals surface area contributed by atoms with Gasteiger partial charge in [-0.2, -0.15) is 0 Å². The number of nitrogens with one attached hydrogen (secondary N) is 2. The molecule has 4 nitrogen and oxygen atoms in total. The third-order valence-electron chi connectivity index (χ3n) is 3.55. The number of carbonyl (C=O) groups excluding carboxylic acids is 1. The Kier molecular flexibility index (Phi) is 3.50. The molecule has 2 fully saturated rings. The number of hydrogen-bond acceptors (Lipinski definition) is 3. The third-order valence-corrected chi connectivity index (χ3v) is 3.55. The van der Waals surface area contributed by atoms with E-state index in [9.17, 15) is 4.79 Å². The van der Waals surface area contributed by atoms with Crippen LogP contribution in [0.15, 0.2) is 0 Å². The lowest BCUT2D eigenvalue weighted by atomic mass is 9.92. The Morgan fingerprint density at radius 2 is 2.31 bits per heavy atom. The fourth-order valence-electron chi connectivity index (χ4n) is 2.59. The maximum atomic E-state index is 11.9. The fraction of sp³-hybridized carbons (Fsp3) is 0.917. The van der Waals surface area contributed by atoms with Crippen LogP contribution in [0.4, 0.5) is 0 Å². The molecule has 2 unspecified atom stereocenters. The summed E-state index contributed by atoms with van der Waals surface area (Å²) in [6.45, 7) is 6.51. The second-order valence-corrected chi connectivity index (χ2v) is 5.69. The van der Waals surface area contributed by atoms with Crippen molar-refractivity contribution in [3.8, 4) is 0 Å². The van der Waals surface area contributed by atoms with Crippen LogP contribution in [0.25, 0.3) is 0 Å². The Balaban J connectivity index is 1.79. The highest BCUT2D eigenvalue weighted by Gasteiger charge is 2.33. The Bertz CT molecular complexity index is 260. The van der Waals surface area contributed by atoms with Crippen molar-refractivity contribution >= 4 is 5.91 Å². The maximum absolute atomic E-state index is 11.9. The van der Waals surface area contributed by atoms with Crippen molar-refractivity contribution in [1.82, 2.24) is 10.6 Å². The zero-order chi connectivity index (χ0) is 11.6. The summed E-state index contributed by atoms with van der Waals surface area (Å²) in [5.41, 5.74) is 0.383. The molecule has 4 heteroatoms. The Morgan fingerprint density at radius 1 is 1.50 bits per heavy atom. The summed E-state index contributed by atoms with van der Waals surface area (Å²) in [4.78, 5) is 11.9. The number of rotatable bonds is 2. The molecule has 1 saturated heterocycles. The fourth-order valence-corrected chi connectivity index (χ4v) is 2.59. The third kappa shape index (κ3) is 2.95. The van der Waals surface area contributed by atoms with Crippen LogP contribution >= 0.6 is 0 Å². The van der Waals surface area contributed by atoms with Gasteiger partial charge in [0.25, 0.3) is 0 Å². The number of amides is 1. The number of carbonyl (C=O) groups is 1. The minimum Gasteiger partial charge on any atom is -0.378 e. The zero-order valence-electron chi connectivity index (χ0n) is 10.2. The topological polar surface area (TPSA) is 50.4 Å². The van der Waals surface area contributed by atoms with Gasteiger partial charge in [0.1, 0.15) is 6.04 Å². The Hall–Kier alpha value is -0.610. The first kappa shape index (κ1) is 11.9. The lowest BCUT2D eigenvalue weighted by Gasteiger charge is -2.25. The molecule has 0 bridgehead atoms. The summed E-state index contributed by atoms with van der Waals surface area (Å²) < 4.78 is 5.29. The highest BCUT2D eigenvalue weighted by molar-refractivity contribution is 5.82. The Labute approximate surface area is 97.1 Å². The summed E-state index contributed by atoms with van der Waals surface area (Å²) in [7, 11) is 0. The van der Waals surface area contributed by atoms with Crippen LogP contribution in [0.5, 0.6) is 0 Å². The van der Waals surface area contributed by atoms with E-state index in [1.807, 2.05) is 0 Å². The van der Waals surface area contributed by atoms with Crippen LogP contribution in [0.2, 0.25) is 0 Å². The second-order valence-electron chi connectivity index (χ2n) is 5.69. The minimum atomic E-state index is -0.155. The largest absolute Gasteiger partial charge is 0.378 e. The van der Waals surface area contributed by atoms with Gasteiger partial charge in [-0.05, 0) is 24.7 Å². The number of morpholine rings is 1. The van der Waals surface area contributed by atoms with Crippen LogP contribution in [0.1, 0.15) is 33.1 Å². The Morgan fingerprint density at radius 3 is 2.88 bits per heavy atom. The second kappa shape index (κ2) is 4.72. The highest BCUT2D eigenvalue weighted by Crippen LogP contribution is 2.36. The molecule has 2 aliphatic rings. The van der Waals surface area contributed by atoms with Gasteiger partial charge in [0.15, 0.2) is 0 Å². The molecule has 2 atom stereocenters. The van der Waals surface area contributed by atoms with Crippen LogP contribution < -0.4 is 10.6 Å². The van der Waals surface area contributed by atoms with Gasteiger partial charge in [0.05, 0.1) is 13.2 Å². The monoisotopic (exact) mass is 226 g/mol. The van der Waals surface area contributed by atoms with E-state index in [1.165, 1.54) is 6.42 Å². The van der Waals surface area contributed by atoms with Crippen molar-refractivity contribution in [2.24, 2.45) is 5.41 Å². The van der Waals surface area contributed by atoms with E-state index in [1.54, 1.807) is 0 Å². The van der Waals surface area contributed by atoms with Crippen molar-refractivity contribution in [3.63, 3.8) is 0 Å². The van der Waals surface area contributed by atoms with E-state index < -0.39 is 0 Å². The maximum Gasteiger partial charge on any atom is 0.239 e.